The van der Waals surface area contributed by atoms with Crippen molar-refractivity contribution in [2.45, 2.75) is 43.9 Å². The molecular weight excluding hydrogens is 421 g/mol. The minimum atomic E-state index is -1.00. The van der Waals surface area contributed by atoms with Gasteiger partial charge in [0.15, 0.2) is 0 Å². The predicted octanol–water partition coefficient (Wildman–Crippen LogP) is 1.75. The molecule has 1 aliphatic rings. The number of halogens is 1. The van der Waals surface area contributed by atoms with Crippen LogP contribution >= 0.6 is 35.2 Å². The second-order valence-electron chi connectivity index (χ2n) is 5.32. The van der Waals surface area contributed by atoms with Crippen LogP contribution in [0.2, 0.25) is 0 Å². The Balaban J connectivity index is 2.54. The average Bonchev–Trinajstić information content (AvgIpc) is 2.98. The van der Waals surface area contributed by atoms with E-state index in [1.165, 1.54) is 4.90 Å². The Hall–Kier alpha value is -0.510. The molecule has 1 heterocycles. The van der Waals surface area contributed by atoms with Crippen molar-refractivity contribution < 1.29 is 24.2 Å². The van der Waals surface area contributed by atoms with Crippen LogP contribution in [0.5, 0.6) is 0 Å². The minimum absolute atomic E-state index is 0.321. The first-order chi connectivity index (χ1) is 10.4. The summed E-state index contributed by atoms with van der Waals surface area (Å²) >= 11 is 6.44. The van der Waals surface area contributed by atoms with E-state index in [9.17, 15) is 14.4 Å². The molecule has 22 heavy (non-hydrogen) atoms. The topological polar surface area (TPSA) is 83.9 Å². The molecule has 0 spiro atoms. The van der Waals surface area contributed by atoms with E-state index < -0.39 is 29.1 Å². The highest BCUT2D eigenvalue weighted by Crippen LogP contribution is 2.23. The van der Waals surface area contributed by atoms with E-state index in [2.05, 4.69) is 35.2 Å². The third kappa shape index (κ3) is 5.29. The number of alkyl halides is 1. The number of esters is 1. The molecule has 1 amide bonds. The normalized spacial score (nSPS) is 20.5. The monoisotopic (exact) mass is 443 g/mol. The van der Waals surface area contributed by atoms with Gasteiger partial charge in [-0.05, 0) is 30.1 Å². The number of hydrogen-bond acceptors (Lipinski definition) is 5. The summed E-state index contributed by atoms with van der Waals surface area (Å²) in [4.78, 5) is 36.8. The van der Waals surface area contributed by atoms with Crippen LogP contribution in [0.15, 0.2) is 0 Å². The zero-order valence-electron chi connectivity index (χ0n) is 12.5. The van der Waals surface area contributed by atoms with Gasteiger partial charge in [0.25, 0.3) is 0 Å². The number of aliphatic carboxylic acids is 1. The van der Waals surface area contributed by atoms with Crippen LogP contribution in [-0.4, -0.2) is 56.7 Å². The number of unbranched alkanes of at least 4 members (excludes halogenated alkanes) is 1. The van der Waals surface area contributed by atoms with Crippen LogP contribution < -0.4 is 0 Å². The Morgan fingerprint density at radius 3 is 2.68 bits per heavy atom. The molecule has 0 aliphatic carbocycles. The number of carbonyl (C=O) groups is 3. The molecule has 0 bridgehead atoms. The van der Waals surface area contributed by atoms with Crippen LogP contribution in [0, 0.1) is 5.92 Å². The summed E-state index contributed by atoms with van der Waals surface area (Å²) in [6.07, 6.45) is 2.86. The molecule has 0 saturated carbocycles. The first-order valence-electron chi connectivity index (χ1n) is 7.34. The Bertz CT molecular complexity index is 420. The van der Waals surface area contributed by atoms with Gasteiger partial charge in [0, 0.05) is 6.54 Å². The van der Waals surface area contributed by atoms with Gasteiger partial charge < -0.3 is 14.7 Å². The summed E-state index contributed by atoms with van der Waals surface area (Å²) < 4.78 is 6.11. The van der Waals surface area contributed by atoms with Gasteiger partial charge in [-0.3, -0.25) is 9.59 Å². The molecule has 0 aromatic rings. The molecule has 6 nitrogen and oxygen atoms in total. The highest BCUT2D eigenvalue weighted by Gasteiger charge is 2.39. The van der Waals surface area contributed by atoms with Gasteiger partial charge in [0.05, 0.1) is 12.5 Å². The number of carbonyl (C=O) groups excluding carboxylic acids is 2. The van der Waals surface area contributed by atoms with Gasteiger partial charge in [0.1, 0.15) is 11.3 Å². The molecule has 126 valence electrons. The lowest BCUT2D eigenvalue weighted by Crippen LogP contribution is -2.46. The van der Waals surface area contributed by atoms with Crippen molar-refractivity contribution in [3.8, 4) is 0 Å². The van der Waals surface area contributed by atoms with Crippen molar-refractivity contribution in [1.29, 1.82) is 0 Å². The van der Waals surface area contributed by atoms with Crippen molar-refractivity contribution >= 4 is 53.1 Å². The fraction of sp³-hybridized carbons (Fsp3) is 0.786. The van der Waals surface area contributed by atoms with Gasteiger partial charge in [-0.15, -0.1) is 0 Å². The van der Waals surface area contributed by atoms with E-state index in [4.69, 9.17) is 9.84 Å². The van der Waals surface area contributed by atoms with E-state index >= 15 is 0 Å². The first-order valence-corrected chi connectivity index (χ1v) is 9.38. The number of ether oxygens (including phenoxy) is 1. The van der Waals surface area contributed by atoms with Crippen molar-refractivity contribution in [2.24, 2.45) is 5.92 Å². The second kappa shape index (κ2) is 9.59. The molecular formula is C14H22INO5S. The molecule has 1 rings (SSSR count). The van der Waals surface area contributed by atoms with Crippen molar-refractivity contribution in [3.05, 3.63) is 0 Å². The highest BCUT2D eigenvalue weighted by molar-refractivity contribution is 14.1. The van der Waals surface area contributed by atoms with E-state index in [1.54, 1.807) is 6.92 Å². The maximum absolute atomic E-state index is 12.4. The number of amides is 1. The third-order valence-electron chi connectivity index (χ3n) is 3.70. The van der Waals surface area contributed by atoms with Gasteiger partial charge in [-0.25, -0.2) is 4.79 Å². The smallest absolute Gasteiger partial charge is 0.326 e. The van der Waals surface area contributed by atoms with Gasteiger partial charge in [0.2, 0.25) is 5.91 Å². The maximum atomic E-state index is 12.4. The van der Waals surface area contributed by atoms with Gasteiger partial charge in [-0.2, -0.15) is 12.6 Å². The highest BCUT2D eigenvalue weighted by atomic mass is 127. The van der Waals surface area contributed by atoms with E-state index in [0.29, 0.717) is 26.0 Å². The number of hydrogen-bond donors (Lipinski definition) is 2. The average molecular weight is 443 g/mol. The Labute approximate surface area is 149 Å². The fourth-order valence-electron chi connectivity index (χ4n) is 2.34. The second-order valence-corrected chi connectivity index (χ2v) is 6.96. The zero-order chi connectivity index (χ0) is 16.7. The van der Waals surface area contributed by atoms with E-state index in [1.807, 2.05) is 0 Å². The summed E-state index contributed by atoms with van der Waals surface area (Å²) in [5.41, 5.74) is 0. The number of carboxylic acid groups (broad SMARTS) is 1. The van der Waals surface area contributed by atoms with Crippen LogP contribution in [-0.2, 0) is 19.1 Å². The molecule has 1 fully saturated rings. The molecule has 0 aromatic carbocycles. The Kier molecular flexibility index (Phi) is 8.52. The van der Waals surface area contributed by atoms with Crippen LogP contribution in [0.25, 0.3) is 0 Å². The largest absolute Gasteiger partial charge is 0.480 e. The van der Waals surface area contributed by atoms with E-state index in [0.717, 1.165) is 17.3 Å². The molecule has 1 saturated heterocycles. The summed E-state index contributed by atoms with van der Waals surface area (Å²) in [6, 6.07) is -0.796. The van der Waals surface area contributed by atoms with Crippen LogP contribution in [0.3, 0.4) is 0 Å². The van der Waals surface area contributed by atoms with Gasteiger partial charge in [-0.1, -0.05) is 29.5 Å². The molecule has 8 heteroatoms. The summed E-state index contributed by atoms with van der Waals surface area (Å²) in [7, 11) is 0. The van der Waals surface area contributed by atoms with Gasteiger partial charge >= 0.3 is 11.9 Å². The predicted molar refractivity (Wildman–Crippen MR) is 93.4 cm³/mol. The molecule has 1 N–H and O–H groups in total. The van der Waals surface area contributed by atoms with Crippen molar-refractivity contribution in [1.82, 2.24) is 4.90 Å². The zero-order valence-corrected chi connectivity index (χ0v) is 15.6. The molecule has 1 aliphatic heterocycles. The Morgan fingerprint density at radius 2 is 2.09 bits per heavy atom. The lowest BCUT2D eigenvalue weighted by Gasteiger charge is -2.26. The standard InChI is InChI=1S/C14H22INO5S/c1-9(11(22)14(20)21-8-3-2-6-15)12(17)16-7-4-5-10(16)13(18)19/h9-11,22H,2-8H2,1H3,(H,18,19)/t9-,10+,11?/m1/s1. The third-order valence-corrected chi connectivity index (χ3v) is 5.12. The van der Waals surface area contributed by atoms with Crippen LogP contribution in [0.4, 0.5) is 0 Å². The number of carboxylic acids is 1. The molecule has 0 aromatic heterocycles. The minimum Gasteiger partial charge on any atom is -0.480 e. The lowest BCUT2D eigenvalue weighted by molar-refractivity contribution is -0.152. The summed E-state index contributed by atoms with van der Waals surface area (Å²) in [5, 5.41) is 8.25. The molecule has 1 unspecified atom stereocenters. The Morgan fingerprint density at radius 1 is 1.41 bits per heavy atom. The summed E-state index contributed by atoms with van der Waals surface area (Å²) in [5.74, 6) is -2.59. The first kappa shape index (κ1) is 19.5. The van der Waals surface area contributed by atoms with E-state index in [-0.39, 0.29) is 5.91 Å². The fourth-order valence-corrected chi connectivity index (χ4v) is 3.08. The van der Waals surface area contributed by atoms with Crippen LogP contribution in [0.1, 0.15) is 32.6 Å². The number of thiol groups is 1. The number of likely N-dealkylation sites (tertiary alicyclic amines) is 1. The maximum Gasteiger partial charge on any atom is 0.326 e. The molecule has 3 atom stereocenters. The summed E-state index contributed by atoms with van der Waals surface area (Å²) in [6.45, 7) is 2.32. The number of rotatable bonds is 8. The lowest BCUT2D eigenvalue weighted by atomic mass is 10.1. The van der Waals surface area contributed by atoms with Crippen molar-refractivity contribution in [2.75, 3.05) is 17.6 Å². The number of nitrogens with zero attached hydrogens (tertiary/aromatic N) is 1. The SMILES string of the molecule is C[C@@H](C(=O)N1CCC[C@H]1C(=O)O)C(S)C(=O)OCCCCI. The van der Waals surface area contributed by atoms with Crippen molar-refractivity contribution in [3.63, 3.8) is 0 Å². The molecule has 0 radical (unpaired) electrons. The quantitative estimate of drug-likeness (QED) is 0.196.